The summed E-state index contributed by atoms with van der Waals surface area (Å²) in [7, 11) is 0. The van der Waals surface area contributed by atoms with Gasteiger partial charge < -0.3 is 0 Å². The van der Waals surface area contributed by atoms with Crippen LogP contribution in [0.5, 0.6) is 0 Å². The molecule has 0 saturated carbocycles. The molecule has 0 unspecified atom stereocenters. The fraction of sp³-hybridized carbons (Fsp3) is 0. The summed E-state index contributed by atoms with van der Waals surface area (Å²) in [5.74, 6) is -2.62. The molecule has 0 aliphatic carbocycles. The summed E-state index contributed by atoms with van der Waals surface area (Å²) in [5, 5.41) is 10.8. The molecule has 1 heterocycles. The highest BCUT2D eigenvalue weighted by atomic mass is 32.2. The molecule has 1 amide bonds. The number of hydrogen-bond donors (Lipinski definition) is 0. The molecule has 1 aliphatic rings. The molecule has 0 radical (unpaired) electrons. The zero-order chi connectivity index (χ0) is 18.1. The third-order valence-corrected chi connectivity index (χ3v) is 4.64. The second-order valence-corrected chi connectivity index (χ2v) is 6.64. The first kappa shape index (κ1) is 17.2. The van der Waals surface area contributed by atoms with Crippen LogP contribution in [-0.2, 0) is 4.79 Å². The number of benzene rings is 2. The quantitative estimate of drug-likeness (QED) is 0.345. The van der Waals surface area contributed by atoms with Crippen LogP contribution in [0.4, 0.5) is 20.2 Å². The molecule has 0 bridgehead atoms. The van der Waals surface area contributed by atoms with E-state index in [1.165, 1.54) is 30.3 Å². The molecular weight excluding hydrogens is 370 g/mol. The Morgan fingerprint density at radius 3 is 2.60 bits per heavy atom. The van der Waals surface area contributed by atoms with Gasteiger partial charge in [-0.05, 0) is 23.8 Å². The number of halogens is 2. The SMILES string of the molecule is O=C1/C(=C\c2cccc([N+](=O)[O-])c2)SC(=S)N1c1ccc(F)c(F)c1. The molecule has 0 spiro atoms. The minimum atomic E-state index is -1.09. The Balaban J connectivity index is 1.94. The maximum absolute atomic E-state index is 13.4. The molecule has 0 N–H and O–H groups in total. The number of thioether (sulfide) groups is 1. The van der Waals surface area contributed by atoms with Crippen molar-refractivity contribution < 1.29 is 18.5 Å². The molecule has 3 rings (SSSR count). The summed E-state index contributed by atoms with van der Waals surface area (Å²) >= 11 is 6.12. The van der Waals surface area contributed by atoms with E-state index in [1.807, 2.05) is 0 Å². The topological polar surface area (TPSA) is 63.4 Å². The second kappa shape index (κ2) is 6.69. The summed E-state index contributed by atoms with van der Waals surface area (Å²) in [6, 6.07) is 8.81. The highest BCUT2D eigenvalue weighted by molar-refractivity contribution is 8.27. The van der Waals surface area contributed by atoms with Crippen LogP contribution in [0.15, 0.2) is 47.4 Å². The Morgan fingerprint density at radius 2 is 1.92 bits per heavy atom. The van der Waals surface area contributed by atoms with Crippen molar-refractivity contribution in [2.75, 3.05) is 4.90 Å². The smallest absolute Gasteiger partial charge is 0.268 e. The van der Waals surface area contributed by atoms with E-state index in [0.717, 1.165) is 28.8 Å². The van der Waals surface area contributed by atoms with Gasteiger partial charge >= 0.3 is 0 Å². The van der Waals surface area contributed by atoms with Crippen LogP contribution in [0.25, 0.3) is 6.08 Å². The first-order valence-corrected chi connectivity index (χ1v) is 8.07. The summed E-state index contributed by atoms with van der Waals surface area (Å²) in [6.07, 6.45) is 1.46. The molecule has 1 saturated heterocycles. The number of nitro benzene ring substituents is 1. The summed E-state index contributed by atoms with van der Waals surface area (Å²) in [6.45, 7) is 0. The number of rotatable bonds is 3. The standard InChI is InChI=1S/C16H8F2N2O3S2/c17-12-5-4-10(8-13(12)18)19-15(21)14(25-16(19)24)7-9-2-1-3-11(6-9)20(22)23/h1-8H/b14-7+. The van der Waals surface area contributed by atoms with E-state index in [2.05, 4.69) is 0 Å². The number of nitrogens with zero attached hydrogens (tertiary/aromatic N) is 2. The van der Waals surface area contributed by atoms with Crippen LogP contribution in [0, 0.1) is 21.7 Å². The van der Waals surface area contributed by atoms with Crippen LogP contribution in [0.2, 0.25) is 0 Å². The lowest BCUT2D eigenvalue weighted by Gasteiger charge is -2.14. The lowest BCUT2D eigenvalue weighted by atomic mass is 10.2. The normalized spacial score (nSPS) is 15.9. The van der Waals surface area contributed by atoms with Gasteiger partial charge in [-0.1, -0.05) is 36.1 Å². The van der Waals surface area contributed by atoms with Crippen LogP contribution in [0.3, 0.4) is 0 Å². The molecular formula is C16H8F2N2O3S2. The van der Waals surface area contributed by atoms with Gasteiger partial charge in [0.15, 0.2) is 16.0 Å². The van der Waals surface area contributed by atoms with Crippen molar-refractivity contribution in [3.05, 3.63) is 74.7 Å². The van der Waals surface area contributed by atoms with Gasteiger partial charge in [0.05, 0.1) is 15.5 Å². The van der Waals surface area contributed by atoms with E-state index in [9.17, 15) is 23.7 Å². The average molecular weight is 378 g/mol. The van der Waals surface area contributed by atoms with Crippen molar-refractivity contribution in [1.29, 1.82) is 0 Å². The predicted octanol–water partition coefficient (Wildman–Crippen LogP) is 4.28. The first-order valence-electron chi connectivity index (χ1n) is 6.84. The lowest BCUT2D eigenvalue weighted by Crippen LogP contribution is -2.27. The monoisotopic (exact) mass is 378 g/mol. The first-order chi connectivity index (χ1) is 11.9. The fourth-order valence-corrected chi connectivity index (χ4v) is 3.49. The minimum Gasteiger partial charge on any atom is -0.268 e. The average Bonchev–Trinajstić information content (AvgIpc) is 2.84. The van der Waals surface area contributed by atoms with Crippen molar-refractivity contribution in [1.82, 2.24) is 0 Å². The van der Waals surface area contributed by atoms with Crippen LogP contribution in [-0.4, -0.2) is 15.2 Å². The molecule has 126 valence electrons. The summed E-state index contributed by atoms with van der Waals surface area (Å²) in [5.41, 5.74) is 0.466. The van der Waals surface area contributed by atoms with Gasteiger partial charge in [-0.2, -0.15) is 0 Å². The van der Waals surface area contributed by atoms with Crippen molar-refractivity contribution in [3.63, 3.8) is 0 Å². The number of hydrogen-bond acceptors (Lipinski definition) is 5. The number of carbonyl (C=O) groups excluding carboxylic acids is 1. The van der Waals surface area contributed by atoms with Gasteiger partial charge in [-0.3, -0.25) is 19.8 Å². The van der Waals surface area contributed by atoms with Gasteiger partial charge in [0, 0.05) is 18.2 Å². The van der Waals surface area contributed by atoms with E-state index in [-0.39, 0.29) is 20.6 Å². The zero-order valence-corrected chi connectivity index (χ0v) is 13.9. The van der Waals surface area contributed by atoms with E-state index in [0.29, 0.717) is 5.56 Å². The van der Waals surface area contributed by atoms with Gasteiger partial charge in [-0.25, -0.2) is 8.78 Å². The second-order valence-electron chi connectivity index (χ2n) is 4.97. The molecule has 0 atom stereocenters. The molecule has 5 nitrogen and oxygen atoms in total. The van der Waals surface area contributed by atoms with Crippen molar-refractivity contribution in [2.24, 2.45) is 0 Å². The lowest BCUT2D eigenvalue weighted by molar-refractivity contribution is -0.384. The maximum Gasteiger partial charge on any atom is 0.270 e. The molecule has 1 fully saturated rings. The number of thiocarbonyl (C=S) groups is 1. The number of nitro groups is 1. The Morgan fingerprint density at radius 1 is 1.16 bits per heavy atom. The maximum atomic E-state index is 13.4. The highest BCUT2D eigenvalue weighted by Gasteiger charge is 2.33. The molecule has 9 heteroatoms. The van der Waals surface area contributed by atoms with Gasteiger partial charge in [0.2, 0.25) is 0 Å². The zero-order valence-electron chi connectivity index (χ0n) is 12.3. The third kappa shape index (κ3) is 3.42. The minimum absolute atomic E-state index is 0.107. The Kier molecular flexibility index (Phi) is 4.60. The Bertz CT molecular complexity index is 947. The van der Waals surface area contributed by atoms with Crippen molar-refractivity contribution in [2.45, 2.75) is 0 Å². The molecule has 1 aliphatic heterocycles. The van der Waals surface area contributed by atoms with E-state index >= 15 is 0 Å². The van der Waals surface area contributed by atoms with Gasteiger partial charge in [0.1, 0.15) is 0 Å². The molecule has 2 aromatic rings. The van der Waals surface area contributed by atoms with Gasteiger partial charge in [0.25, 0.3) is 11.6 Å². The van der Waals surface area contributed by atoms with Gasteiger partial charge in [-0.15, -0.1) is 0 Å². The number of amides is 1. The molecule has 0 aromatic heterocycles. The van der Waals surface area contributed by atoms with E-state index in [1.54, 1.807) is 6.07 Å². The number of anilines is 1. The fourth-order valence-electron chi connectivity index (χ4n) is 2.19. The Hall–Kier alpha value is -2.65. The molecule has 2 aromatic carbocycles. The number of carbonyl (C=O) groups is 1. The number of non-ortho nitro benzene ring substituents is 1. The predicted molar refractivity (Wildman–Crippen MR) is 95.1 cm³/mol. The largest absolute Gasteiger partial charge is 0.270 e. The van der Waals surface area contributed by atoms with Crippen LogP contribution >= 0.6 is 24.0 Å². The van der Waals surface area contributed by atoms with E-state index < -0.39 is 22.5 Å². The van der Waals surface area contributed by atoms with E-state index in [4.69, 9.17) is 12.2 Å². The Labute approximate surface area is 150 Å². The summed E-state index contributed by atoms with van der Waals surface area (Å²) < 4.78 is 26.6. The highest BCUT2D eigenvalue weighted by Crippen LogP contribution is 2.36. The molecule has 25 heavy (non-hydrogen) atoms. The van der Waals surface area contributed by atoms with Crippen LogP contribution in [0.1, 0.15) is 5.56 Å². The summed E-state index contributed by atoms with van der Waals surface area (Å²) in [4.78, 5) is 24.1. The third-order valence-electron chi connectivity index (χ3n) is 3.33. The van der Waals surface area contributed by atoms with Crippen molar-refractivity contribution in [3.8, 4) is 0 Å². The van der Waals surface area contributed by atoms with Crippen LogP contribution < -0.4 is 4.90 Å². The van der Waals surface area contributed by atoms with Crippen molar-refractivity contribution >= 4 is 51.7 Å².